The summed E-state index contributed by atoms with van der Waals surface area (Å²) in [6.45, 7) is 0.150. The zero-order valence-corrected chi connectivity index (χ0v) is 10.4. The number of hydrogen-bond donors (Lipinski definition) is 2. The lowest BCUT2D eigenvalue weighted by atomic mass is 10.3. The minimum atomic E-state index is -3.56. The van der Waals surface area contributed by atoms with Crippen LogP contribution in [-0.2, 0) is 16.6 Å². The van der Waals surface area contributed by atoms with Crippen molar-refractivity contribution in [2.45, 2.75) is 11.4 Å². The number of aromatic nitrogens is 2. The average molecular weight is 265 g/mol. The molecule has 0 saturated carbocycles. The lowest BCUT2D eigenvalue weighted by molar-refractivity contribution is -0.258. The maximum Gasteiger partial charge on any atom is 0.246 e. The van der Waals surface area contributed by atoms with E-state index in [0.717, 1.165) is 0 Å². The molecule has 1 aromatic carbocycles. The van der Waals surface area contributed by atoms with Gasteiger partial charge in [0.25, 0.3) is 0 Å². The standard InChI is InChI=1S/C11H12N4O2S/c12-10-3-1-2-4-11(10)18(16,17)15-7-9-5-13-8-14-6-9/h1-6,8,15H,7,12H2/p+1. The Labute approximate surface area is 105 Å². The summed E-state index contributed by atoms with van der Waals surface area (Å²) in [5.74, 6) is 0. The van der Waals surface area contributed by atoms with Crippen molar-refractivity contribution in [2.75, 3.05) is 0 Å². The normalized spacial score (nSPS) is 11.4. The molecule has 0 fully saturated rings. The highest BCUT2D eigenvalue weighted by molar-refractivity contribution is 7.89. The van der Waals surface area contributed by atoms with Crippen LogP contribution in [0.15, 0.2) is 47.9 Å². The molecule has 0 aliphatic rings. The Morgan fingerprint density at radius 1 is 1.17 bits per heavy atom. The summed E-state index contributed by atoms with van der Waals surface area (Å²) in [5.41, 5.74) is 4.86. The van der Waals surface area contributed by atoms with Gasteiger partial charge in [-0.25, -0.2) is 23.1 Å². The number of rotatable bonds is 4. The Morgan fingerprint density at radius 3 is 2.50 bits per heavy atom. The highest BCUT2D eigenvalue weighted by atomic mass is 32.2. The number of sulfonamides is 1. The van der Waals surface area contributed by atoms with E-state index in [1.165, 1.54) is 12.4 Å². The number of nitrogens with one attached hydrogen (secondary N) is 1. The summed E-state index contributed by atoms with van der Waals surface area (Å²) < 4.78 is 26.6. The second-order valence-electron chi connectivity index (χ2n) is 3.68. The SMILES string of the molecule is [NH3+]c1ccccc1S(=O)(=O)NCc1cncnc1. The third kappa shape index (κ3) is 2.89. The molecule has 0 bridgehead atoms. The summed E-state index contributed by atoms with van der Waals surface area (Å²) >= 11 is 0. The molecule has 4 N–H and O–H groups in total. The molecule has 0 saturated heterocycles. The molecule has 0 radical (unpaired) electrons. The van der Waals surface area contributed by atoms with Gasteiger partial charge in [0.1, 0.15) is 16.9 Å². The van der Waals surface area contributed by atoms with Gasteiger partial charge in [-0.15, -0.1) is 0 Å². The molecule has 0 amide bonds. The van der Waals surface area contributed by atoms with E-state index in [1.54, 1.807) is 30.6 Å². The van der Waals surface area contributed by atoms with Crippen LogP contribution < -0.4 is 10.5 Å². The van der Waals surface area contributed by atoms with Crippen molar-refractivity contribution in [1.82, 2.24) is 14.7 Å². The molecular weight excluding hydrogens is 252 g/mol. The van der Waals surface area contributed by atoms with Crippen LogP contribution in [0, 0.1) is 0 Å². The predicted octanol–water partition coefficient (Wildman–Crippen LogP) is -0.172. The van der Waals surface area contributed by atoms with Gasteiger partial charge in [0.05, 0.1) is 0 Å². The zero-order valence-electron chi connectivity index (χ0n) is 9.57. The van der Waals surface area contributed by atoms with Crippen LogP contribution in [0.25, 0.3) is 0 Å². The maximum atomic E-state index is 12.0. The molecule has 0 spiro atoms. The minimum absolute atomic E-state index is 0.150. The van der Waals surface area contributed by atoms with Gasteiger partial charge in [-0.05, 0) is 6.07 Å². The number of nitrogens with zero attached hydrogens (tertiary/aromatic N) is 2. The molecule has 1 heterocycles. The van der Waals surface area contributed by atoms with Crippen molar-refractivity contribution in [1.29, 1.82) is 0 Å². The Morgan fingerprint density at radius 2 is 1.83 bits per heavy atom. The van der Waals surface area contributed by atoms with Crippen LogP contribution in [0.3, 0.4) is 0 Å². The van der Waals surface area contributed by atoms with Crippen LogP contribution >= 0.6 is 0 Å². The van der Waals surface area contributed by atoms with Gasteiger partial charge >= 0.3 is 0 Å². The van der Waals surface area contributed by atoms with Gasteiger partial charge in [0.15, 0.2) is 0 Å². The average Bonchev–Trinajstić information content (AvgIpc) is 2.38. The van der Waals surface area contributed by atoms with E-state index in [2.05, 4.69) is 20.4 Å². The van der Waals surface area contributed by atoms with Crippen LogP contribution in [0.2, 0.25) is 0 Å². The van der Waals surface area contributed by atoms with E-state index in [-0.39, 0.29) is 11.4 Å². The largest absolute Gasteiger partial charge is 0.324 e. The van der Waals surface area contributed by atoms with Gasteiger partial charge in [-0.3, -0.25) is 0 Å². The van der Waals surface area contributed by atoms with Crippen molar-refractivity contribution >= 4 is 15.7 Å². The second-order valence-corrected chi connectivity index (χ2v) is 5.41. The number of hydrogen-bond acceptors (Lipinski definition) is 4. The first-order valence-electron chi connectivity index (χ1n) is 5.24. The third-order valence-corrected chi connectivity index (χ3v) is 3.84. The molecule has 0 aliphatic heterocycles. The highest BCUT2D eigenvalue weighted by Crippen LogP contribution is 2.15. The lowest BCUT2D eigenvalue weighted by Crippen LogP contribution is -2.42. The van der Waals surface area contributed by atoms with Crippen molar-refractivity contribution < 1.29 is 14.2 Å². The predicted molar refractivity (Wildman–Crippen MR) is 65.0 cm³/mol. The summed E-state index contributed by atoms with van der Waals surface area (Å²) in [7, 11) is -3.56. The molecule has 7 heteroatoms. The fourth-order valence-corrected chi connectivity index (χ4v) is 2.63. The highest BCUT2D eigenvalue weighted by Gasteiger charge is 2.18. The van der Waals surface area contributed by atoms with Gasteiger partial charge in [-0.1, -0.05) is 12.1 Å². The summed E-state index contributed by atoms with van der Waals surface area (Å²) in [6.07, 6.45) is 4.51. The summed E-state index contributed by atoms with van der Waals surface area (Å²) in [4.78, 5) is 7.82. The van der Waals surface area contributed by atoms with E-state index in [0.29, 0.717) is 11.3 Å². The van der Waals surface area contributed by atoms with Gasteiger partial charge in [0.2, 0.25) is 10.0 Å². The summed E-state index contributed by atoms with van der Waals surface area (Å²) in [5, 5.41) is 0. The second kappa shape index (κ2) is 5.21. The van der Waals surface area contributed by atoms with Crippen LogP contribution in [-0.4, -0.2) is 18.4 Å². The van der Waals surface area contributed by atoms with E-state index >= 15 is 0 Å². The van der Waals surface area contributed by atoms with Gasteiger partial charge in [0, 0.05) is 30.6 Å². The third-order valence-electron chi connectivity index (χ3n) is 2.34. The Bertz CT molecular complexity index is 629. The molecule has 1 aromatic heterocycles. The Hall–Kier alpha value is -1.83. The van der Waals surface area contributed by atoms with Crippen molar-refractivity contribution in [3.8, 4) is 0 Å². The smallest absolute Gasteiger partial charge is 0.246 e. The zero-order chi connectivity index (χ0) is 13.0. The first kappa shape index (κ1) is 12.6. The van der Waals surface area contributed by atoms with Gasteiger partial charge in [-0.2, -0.15) is 0 Å². The molecule has 18 heavy (non-hydrogen) atoms. The molecule has 0 unspecified atom stereocenters. The first-order valence-corrected chi connectivity index (χ1v) is 6.72. The molecular formula is C11H13N4O2S+. The minimum Gasteiger partial charge on any atom is -0.324 e. The van der Waals surface area contributed by atoms with E-state index in [1.807, 2.05) is 0 Å². The Balaban J connectivity index is 2.16. The molecule has 6 nitrogen and oxygen atoms in total. The Kier molecular flexibility index (Phi) is 3.66. The van der Waals surface area contributed by atoms with Gasteiger partial charge < -0.3 is 5.73 Å². The molecule has 2 rings (SSSR count). The lowest BCUT2D eigenvalue weighted by Gasteiger charge is -2.06. The quantitative estimate of drug-likeness (QED) is 0.801. The van der Waals surface area contributed by atoms with E-state index in [4.69, 9.17) is 0 Å². The topological polar surface area (TPSA) is 99.6 Å². The summed E-state index contributed by atoms with van der Waals surface area (Å²) in [6, 6.07) is 6.58. The monoisotopic (exact) mass is 265 g/mol. The van der Waals surface area contributed by atoms with E-state index in [9.17, 15) is 8.42 Å². The van der Waals surface area contributed by atoms with Crippen LogP contribution in [0.5, 0.6) is 0 Å². The molecule has 0 aliphatic carbocycles. The van der Waals surface area contributed by atoms with Crippen molar-refractivity contribution in [3.05, 3.63) is 48.5 Å². The first-order chi connectivity index (χ1) is 8.59. The van der Waals surface area contributed by atoms with Crippen LogP contribution in [0.4, 0.5) is 5.69 Å². The number of quaternary nitrogens is 1. The number of benzene rings is 1. The van der Waals surface area contributed by atoms with Crippen LogP contribution in [0.1, 0.15) is 5.56 Å². The van der Waals surface area contributed by atoms with Crippen molar-refractivity contribution in [2.24, 2.45) is 0 Å². The molecule has 94 valence electrons. The van der Waals surface area contributed by atoms with E-state index < -0.39 is 10.0 Å². The van der Waals surface area contributed by atoms with Crippen molar-refractivity contribution in [3.63, 3.8) is 0 Å². The molecule has 2 aromatic rings. The molecule has 0 atom stereocenters. The fourth-order valence-electron chi connectivity index (χ4n) is 1.44. The fraction of sp³-hybridized carbons (Fsp3) is 0.0909. The maximum absolute atomic E-state index is 12.0.